The number of methoxy groups -OCH3 is 1. The van der Waals surface area contributed by atoms with Gasteiger partial charge in [-0.3, -0.25) is 9.59 Å². The van der Waals surface area contributed by atoms with Crippen LogP contribution in [0.25, 0.3) is 0 Å². The molecule has 3 rings (SSSR count). The van der Waals surface area contributed by atoms with E-state index in [4.69, 9.17) is 15.2 Å². The molecule has 0 aliphatic carbocycles. The van der Waals surface area contributed by atoms with E-state index in [1.807, 2.05) is 36.2 Å². The van der Waals surface area contributed by atoms with Gasteiger partial charge in [-0.05, 0) is 29.8 Å². The Morgan fingerprint density at radius 2 is 2.00 bits per heavy atom. The van der Waals surface area contributed by atoms with Crippen LogP contribution < -0.4 is 25.4 Å². The van der Waals surface area contributed by atoms with Gasteiger partial charge in [0.15, 0.2) is 18.1 Å². The number of nitrogens with zero attached hydrogens (tertiary/aromatic N) is 1. The number of ether oxygens (including phenoxy) is 2. The molecule has 1 aliphatic heterocycles. The standard InChI is InChI=1S/C18H19N3O4/c1-21-13-6-4-3-5-12(13)18(23)20-17(21)11-7-8-14(15(9-11)24-2)25-10-16(19)22/h3-9,17H,10H2,1-2H3,(H2,19,22)(H,20,23)/t17-/m0/s1. The summed E-state index contributed by atoms with van der Waals surface area (Å²) in [5.74, 6) is 0.171. The summed E-state index contributed by atoms with van der Waals surface area (Å²) in [4.78, 5) is 25.2. The number of nitrogens with one attached hydrogen (secondary N) is 1. The zero-order chi connectivity index (χ0) is 18.0. The third kappa shape index (κ3) is 3.21. The lowest BCUT2D eigenvalue weighted by molar-refractivity contribution is -0.119. The number of amides is 2. The Morgan fingerprint density at radius 3 is 2.72 bits per heavy atom. The van der Waals surface area contributed by atoms with Crippen molar-refractivity contribution in [2.24, 2.45) is 5.73 Å². The van der Waals surface area contributed by atoms with Crippen LogP contribution in [0.2, 0.25) is 0 Å². The number of nitrogens with two attached hydrogens (primary N) is 1. The maximum atomic E-state index is 12.4. The van der Waals surface area contributed by atoms with Gasteiger partial charge in [0.1, 0.15) is 6.17 Å². The number of primary amides is 1. The van der Waals surface area contributed by atoms with Gasteiger partial charge in [-0.2, -0.15) is 0 Å². The van der Waals surface area contributed by atoms with Crippen LogP contribution in [0.5, 0.6) is 11.5 Å². The molecule has 0 unspecified atom stereocenters. The average molecular weight is 341 g/mol. The quantitative estimate of drug-likeness (QED) is 0.858. The third-order valence-electron chi connectivity index (χ3n) is 4.06. The zero-order valence-corrected chi connectivity index (χ0v) is 14.0. The van der Waals surface area contributed by atoms with Crippen molar-refractivity contribution in [2.75, 3.05) is 25.7 Å². The number of fused-ring (bicyclic) bond motifs is 1. The SMILES string of the molecule is COc1cc([C@H]2NC(=O)c3ccccc3N2C)ccc1OCC(N)=O. The number of para-hydroxylation sites is 1. The number of hydrogen-bond acceptors (Lipinski definition) is 5. The smallest absolute Gasteiger partial charge is 0.255 e. The Labute approximate surface area is 145 Å². The molecular formula is C18H19N3O4. The largest absolute Gasteiger partial charge is 0.493 e. The highest BCUT2D eigenvalue weighted by atomic mass is 16.5. The van der Waals surface area contributed by atoms with Crippen molar-refractivity contribution in [1.82, 2.24) is 5.32 Å². The fourth-order valence-corrected chi connectivity index (χ4v) is 2.84. The molecule has 2 aromatic rings. The molecule has 1 heterocycles. The highest BCUT2D eigenvalue weighted by molar-refractivity contribution is 6.02. The lowest BCUT2D eigenvalue weighted by Crippen LogP contribution is -2.44. The number of benzene rings is 2. The van der Waals surface area contributed by atoms with Crippen LogP contribution in [0.15, 0.2) is 42.5 Å². The van der Waals surface area contributed by atoms with E-state index < -0.39 is 5.91 Å². The van der Waals surface area contributed by atoms with Crippen molar-refractivity contribution in [1.29, 1.82) is 0 Å². The molecule has 0 aromatic heterocycles. The topological polar surface area (TPSA) is 93.9 Å². The summed E-state index contributed by atoms with van der Waals surface area (Å²) in [5, 5.41) is 2.98. The summed E-state index contributed by atoms with van der Waals surface area (Å²) >= 11 is 0. The van der Waals surface area contributed by atoms with E-state index in [9.17, 15) is 9.59 Å². The molecule has 2 amide bonds. The molecule has 1 aliphatic rings. The number of hydrogen-bond donors (Lipinski definition) is 2. The molecule has 0 spiro atoms. The molecule has 0 radical (unpaired) electrons. The van der Waals surface area contributed by atoms with Crippen LogP contribution in [0.1, 0.15) is 22.1 Å². The van der Waals surface area contributed by atoms with E-state index in [1.54, 1.807) is 18.2 Å². The lowest BCUT2D eigenvalue weighted by atomic mass is 10.0. The molecule has 0 bridgehead atoms. The van der Waals surface area contributed by atoms with Gasteiger partial charge in [0.25, 0.3) is 11.8 Å². The van der Waals surface area contributed by atoms with Crippen LogP contribution in [-0.4, -0.2) is 32.6 Å². The van der Waals surface area contributed by atoms with Crippen molar-refractivity contribution in [3.05, 3.63) is 53.6 Å². The first-order chi connectivity index (χ1) is 12.0. The first kappa shape index (κ1) is 16.6. The molecule has 25 heavy (non-hydrogen) atoms. The van der Waals surface area contributed by atoms with E-state index in [-0.39, 0.29) is 18.7 Å². The number of carbonyl (C=O) groups is 2. The Morgan fingerprint density at radius 1 is 1.24 bits per heavy atom. The molecule has 7 heteroatoms. The van der Waals surface area contributed by atoms with Gasteiger partial charge in [0.05, 0.1) is 18.4 Å². The predicted molar refractivity (Wildman–Crippen MR) is 92.7 cm³/mol. The van der Waals surface area contributed by atoms with Gasteiger partial charge in [-0.15, -0.1) is 0 Å². The Kier molecular flexibility index (Phi) is 4.47. The van der Waals surface area contributed by atoms with E-state index in [1.165, 1.54) is 7.11 Å². The van der Waals surface area contributed by atoms with E-state index in [0.717, 1.165) is 11.3 Å². The number of rotatable bonds is 5. The summed E-state index contributed by atoms with van der Waals surface area (Å²) in [7, 11) is 3.42. The molecule has 0 saturated heterocycles. The fraction of sp³-hybridized carbons (Fsp3) is 0.222. The second kappa shape index (κ2) is 6.72. The van der Waals surface area contributed by atoms with Gasteiger partial charge in [-0.25, -0.2) is 0 Å². The molecule has 2 aromatic carbocycles. The lowest BCUT2D eigenvalue weighted by Gasteiger charge is -2.36. The van der Waals surface area contributed by atoms with Crippen LogP contribution in [0.4, 0.5) is 5.69 Å². The number of anilines is 1. The Bertz CT molecular complexity index is 822. The minimum Gasteiger partial charge on any atom is -0.493 e. The average Bonchev–Trinajstić information content (AvgIpc) is 2.63. The summed E-state index contributed by atoms with van der Waals surface area (Å²) in [6.07, 6.45) is -0.346. The Hall–Kier alpha value is -3.22. The van der Waals surface area contributed by atoms with Crippen LogP contribution >= 0.6 is 0 Å². The summed E-state index contributed by atoms with van der Waals surface area (Å²) < 4.78 is 10.7. The molecule has 7 nitrogen and oxygen atoms in total. The Balaban J connectivity index is 1.92. The molecule has 1 atom stereocenters. The van der Waals surface area contributed by atoms with Crippen LogP contribution in [0.3, 0.4) is 0 Å². The molecule has 130 valence electrons. The zero-order valence-electron chi connectivity index (χ0n) is 14.0. The van der Waals surface area contributed by atoms with E-state index in [0.29, 0.717) is 17.1 Å². The van der Waals surface area contributed by atoms with Gasteiger partial charge in [-0.1, -0.05) is 18.2 Å². The maximum absolute atomic E-state index is 12.4. The van der Waals surface area contributed by atoms with Gasteiger partial charge >= 0.3 is 0 Å². The fourth-order valence-electron chi connectivity index (χ4n) is 2.84. The predicted octanol–water partition coefficient (Wildman–Crippen LogP) is 1.44. The molecule has 0 saturated carbocycles. The van der Waals surface area contributed by atoms with Gasteiger partial charge < -0.3 is 25.4 Å². The first-order valence-electron chi connectivity index (χ1n) is 7.73. The third-order valence-corrected chi connectivity index (χ3v) is 4.06. The normalized spacial score (nSPS) is 16.0. The number of carbonyl (C=O) groups excluding carboxylic acids is 2. The van der Waals surface area contributed by atoms with Crippen molar-refractivity contribution in [2.45, 2.75) is 6.17 Å². The van der Waals surface area contributed by atoms with Gasteiger partial charge in [0.2, 0.25) is 0 Å². The molecule has 0 fully saturated rings. The monoisotopic (exact) mass is 341 g/mol. The van der Waals surface area contributed by atoms with Crippen LogP contribution in [-0.2, 0) is 4.79 Å². The maximum Gasteiger partial charge on any atom is 0.255 e. The first-order valence-corrected chi connectivity index (χ1v) is 7.73. The van der Waals surface area contributed by atoms with Crippen molar-refractivity contribution in [3.63, 3.8) is 0 Å². The van der Waals surface area contributed by atoms with Crippen LogP contribution in [0, 0.1) is 0 Å². The molecule has 3 N–H and O–H groups in total. The molecular weight excluding hydrogens is 322 g/mol. The minimum atomic E-state index is -0.568. The van der Waals surface area contributed by atoms with Crippen molar-refractivity contribution < 1.29 is 19.1 Å². The summed E-state index contributed by atoms with van der Waals surface area (Å²) in [5.41, 5.74) is 7.41. The second-order valence-corrected chi connectivity index (χ2v) is 5.67. The summed E-state index contributed by atoms with van der Waals surface area (Å²) in [6.45, 7) is -0.233. The minimum absolute atomic E-state index is 0.133. The van der Waals surface area contributed by atoms with Crippen molar-refractivity contribution in [3.8, 4) is 11.5 Å². The van der Waals surface area contributed by atoms with Crippen molar-refractivity contribution >= 4 is 17.5 Å². The van der Waals surface area contributed by atoms with E-state index in [2.05, 4.69) is 5.32 Å². The highest BCUT2D eigenvalue weighted by Crippen LogP contribution is 2.35. The van der Waals surface area contributed by atoms with Gasteiger partial charge in [0, 0.05) is 7.05 Å². The highest BCUT2D eigenvalue weighted by Gasteiger charge is 2.29. The second-order valence-electron chi connectivity index (χ2n) is 5.67. The van der Waals surface area contributed by atoms with E-state index >= 15 is 0 Å². The summed E-state index contributed by atoms with van der Waals surface area (Å²) in [6, 6.07) is 12.7.